The number of hydrogen-bond acceptors (Lipinski definition) is 6. The quantitative estimate of drug-likeness (QED) is 0.200. The maximum Gasteiger partial charge on any atom is 0.308 e. The number of ether oxygens (including phenoxy) is 2. The van der Waals surface area contributed by atoms with E-state index in [-0.39, 0.29) is 30.1 Å². The lowest BCUT2D eigenvalue weighted by atomic mass is 9.90. The Hall–Kier alpha value is -3.98. The summed E-state index contributed by atoms with van der Waals surface area (Å²) in [6.07, 6.45) is 3.89. The minimum atomic E-state index is -1.03. The van der Waals surface area contributed by atoms with Crippen molar-refractivity contribution in [2.75, 3.05) is 33.4 Å². The number of halogens is 1. The van der Waals surface area contributed by atoms with Crippen molar-refractivity contribution in [3.8, 4) is 16.9 Å². The first-order valence-electron chi connectivity index (χ1n) is 16.7. The molecule has 1 aliphatic heterocycles. The highest BCUT2D eigenvalue weighted by Gasteiger charge is 2.30. The largest absolute Gasteiger partial charge is 0.496 e. The van der Waals surface area contributed by atoms with Gasteiger partial charge in [0.15, 0.2) is 0 Å². The van der Waals surface area contributed by atoms with E-state index < -0.39 is 29.8 Å². The molecule has 8 nitrogen and oxygen atoms in total. The molecule has 1 fully saturated rings. The van der Waals surface area contributed by atoms with Crippen LogP contribution < -0.4 is 15.6 Å². The van der Waals surface area contributed by atoms with Gasteiger partial charge < -0.3 is 24.3 Å². The van der Waals surface area contributed by atoms with Gasteiger partial charge in [-0.2, -0.15) is 0 Å². The van der Waals surface area contributed by atoms with Crippen LogP contribution in [0.2, 0.25) is 0 Å². The highest BCUT2D eigenvalue weighted by molar-refractivity contribution is 5.82. The number of nitrogens with zero attached hydrogens (tertiary/aromatic N) is 2. The lowest BCUT2D eigenvalue weighted by molar-refractivity contribution is -0.144. The van der Waals surface area contributed by atoms with Crippen molar-refractivity contribution in [1.82, 2.24) is 14.8 Å². The summed E-state index contributed by atoms with van der Waals surface area (Å²) in [5, 5.41) is 2.98. The molecule has 254 valence electrons. The second-order valence-corrected chi connectivity index (χ2v) is 13.2. The first-order chi connectivity index (χ1) is 22.3. The predicted molar refractivity (Wildman–Crippen MR) is 183 cm³/mol. The van der Waals surface area contributed by atoms with Gasteiger partial charge in [0, 0.05) is 24.4 Å². The summed E-state index contributed by atoms with van der Waals surface area (Å²) < 4.78 is 28.4. The topological polar surface area (TPSA) is 89.9 Å². The number of hydrogen-bond donors (Lipinski definition) is 1. The highest BCUT2D eigenvalue weighted by Crippen LogP contribution is 2.37. The van der Waals surface area contributed by atoms with E-state index in [1.165, 1.54) is 11.0 Å². The summed E-state index contributed by atoms with van der Waals surface area (Å²) in [5.41, 5.74) is 5.71. The van der Waals surface area contributed by atoms with Gasteiger partial charge in [0.1, 0.15) is 17.6 Å². The molecule has 0 radical (unpaired) electrons. The summed E-state index contributed by atoms with van der Waals surface area (Å²) in [7, 11) is 1.61. The van der Waals surface area contributed by atoms with E-state index in [4.69, 9.17) is 9.47 Å². The van der Waals surface area contributed by atoms with E-state index >= 15 is 4.39 Å². The van der Waals surface area contributed by atoms with E-state index in [0.717, 1.165) is 59.4 Å². The summed E-state index contributed by atoms with van der Waals surface area (Å²) in [5.74, 6) is -0.745. The van der Waals surface area contributed by atoms with Gasteiger partial charge in [0.05, 0.1) is 26.2 Å². The molecule has 4 rings (SSSR count). The van der Waals surface area contributed by atoms with Crippen LogP contribution in [0.25, 0.3) is 11.1 Å². The average Bonchev–Trinajstić information content (AvgIpc) is 2.97. The zero-order valence-corrected chi connectivity index (χ0v) is 29.2. The molecule has 2 atom stereocenters. The number of likely N-dealkylation sites (tertiary alicyclic amines) is 1. The van der Waals surface area contributed by atoms with Gasteiger partial charge in [0.25, 0.3) is 5.56 Å². The molecule has 0 saturated carbocycles. The minimum Gasteiger partial charge on any atom is -0.496 e. The van der Waals surface area contributed by atoms with Gasteiger partial charge in [-0.25, -0.2) is 4.39 Å². The molecule has 1 aliphatic rings. The predicted octanol–water partition coefficient (Wildman–Crippen LogP) is 6.54. The molecule has 1 aromatic heterocycles. The molecule has 47 heavy (non-hydrogen) atoms. The van der Waals surface area contributed by atoms with Crippen molar-refractivity contribution >= 4 is 11.9 Å². The van der Waals surface area contributed by atoms with Crippen molar-refractivity contribution in [2.24, 2.45) is 5.92 Å². The Morgan fingerprint density at radius 1 is 1.02 bits per heavy atom. The van der Waals surface area contributed by atoms with Crippen LogP contribution in [-0.4, -0.2) is 54.7 Å². The van der Waals surface area contributed by atoms with Crippen LogP contribution in [0.3, 0.4) is 0 Å². The molecule has 1 amide bonds. The number of carbonyl (C=O) groups is 2. The van der Waals surface area contributed by atoms with Gasteiger partial charge in [-0.3, -0.25) is 14.4 Å². The molecule has 0 bridgehead atoms. The Morgan fingerprint density at radius 2 is 1.74 bits per heavy atom. The van der Waals surface area contributed by atoms with Gasteiger partial charge in [0.2, 0.25) is 5.91 Å². The molecule has 0 aliphatic carbocycles. The summed E-state index contributed by atoms with van der Waals surface area (Å²) in [6.45, 7) is 16.4. The van der Waals surface area contributed by atoms with E-state index in [1.54, 1.807) is 39.2 Å². The second-order valence-electron chi connectivity index (χ2n) is 13.2. The number of methoxy groups -OCH3 is 1. The van der Waals surface area contributed by atoms with Crippen LogP contribution in [0.1, 0.15) is 85.5 Å². The Labute approximate surface area is 278 Å². The molecular formula is C38H50FN3O5. The average molecular weight is 648 g/mol. The second kappa shape index (κ2) is 15.7. The van der Waals surface area contributed by atoms with Crippen LogP contribution in [0.15, 0.2) is 41.3 Å². The van der Waals surface area contributed by atoms with Crippen molar-refractivity contribution in [2.45, 2.75) is 86.2 Å². The van der Waals surface area contributed by atoms with E-state index in [9.17, 15) is 14.4 Å². The van der Waals surface area contributed by atoms with Crippen LogP contribution in [0, 0.1) is 39.4 Å². The molecule has 3 aromatic rings. The van der Waals surface area contributed by atoms with Gasteiger partial charge in [-0.15, -0.1) is 0 Å². The van der Waals surface area contributed by atoms with E-state index in [2.05, 4.69) is 10.2 Å². The summed E-state index contributed by atoms with van der Waals surface area (Å²) in [6, 6.07) is 7.02. The zero-order chi connectivity index (χ0) is 34.4. The van der Waals surface area contributed by atoms with Crippen molar-refractivity contribution in [3.05, 3.63) is 86.1 Å². The van der Waals surface area contributed by atoms with Crippen LogP contribution in [0.5, 0.6) is 5.75 Å². The van der Waals surface area contributed by atoms with E-state index in [1.807, 2.05) is 52.9 Å². The number of rotatable bonds is 14. The smallest absolute Gasteiger partial charge is 0.308 e. The minimum absolute atomic E-state index is 0.0771. The molecule has 1 unspecified atom stereocenters. The molecule has 2 heterocycles. The third-order valence-corrected chi connectivity index (χ3v) is 9.16. The third kappa shape index (κ3) is 8.49. The standard InChI is InChI=1S/C38H50FN3O5/c1-9-47-35(44)21-31(30-20-29(18-26(6)37(30)39)36-24(4)11-12-33(46-8)27(36)7)40-38(45)32(17-23(2)3)42-22-28(25(5)19-34(42)43)13-16-41-14-10-15-41/h11-12,18-20,22-23,31-32H,9-10,13-17,21H2,1-8H3,(H,40,45)/t31-,32?/m0/s1. The fraction of sp³-hybridized carbons (Fsp3) is 0.500. The molecule has 0 spiro atoms. The lowest BCUT2D eigenvalue weighted by Gasteiger charge is -2.31. The molecule has 1 saturated heterocycles. The van der Waals surface area contributed by atoms with Gasteiger partial charge in [-0.05, 0) is 130 Å². The Morgan fingerprint density at radius 3 is 2.36 bits per heavy atom. The number of benzene rings is 2. The van der Waals surface area contributed by atoms with Crippen LogP contribution in [-0.2, 0) is 20.7 Å². The van der Waals surface area contributed by atoms with Crippen molar-refractivity contribution in [1.29, 1.82) is 0 Å². The SMILES string of the molecule is CCOC(=O)C[C@H](NC(=O)C(CC(C)C)n1cc(CCN2CCC2)c(C)cc1=O)c1cc(-c2c(C)ccc(OC)c2C)cc(C)c1F. The molecule has 1 N–H and O–H groups in total. The first-order valence-corrected chi connectivity index (χ1v) is 16.7. The Balaban J connectivity index is 1.77. The number of esters is 1. The van der Waals surface area contributed by atoms with Gasteiger partial charge >= 0.3 is 5.97 Å². The number of nitrogens with one attached hydrogen (secondary N) is 1. The summed E-state index contributed by atoms with van der Waals surface area (Å²) >= 11 is 0. The fourth-order valence-corrected chi connectivity index (χ4v) is 6.45. The zero-order valence-electron chi connectivity index (χ0n) is 29.2. The van der Waals surface area contributed by atoms with Crippen LogP contribution in [0.4, 0.5) is 4.39 Å². The van der Waals surface area contributed by atoms with Gasteiger partial charge in [-0.1, -0.05) is 19.9 Å². The van der Waals surface area contributed by atoms with Crippen LogP contribution >= 0.6 is 0 Å². The Kier molecular flexibility index (Phi) is 12.0. The monoisotopic (exact) mass is 647 g/mol. The Bertz CT molecular complexity index is 1660. The third-order valence-electron chi connectivity index (χ3n) is 9.16. The maximum atomic E-state index is 16.1. The van der Waals surface area contributed by atoms with Crippen molar-refractivity contribution in [3.63, 3.8) is 0 Å². The molecule has 9 heteroatoms. The normalized spacial score (nSPS) is 14.4. The number of pyridine rings is 1. The number of aromatic nitrogens is 1. The van der Waals surface area contributed by atoms with Crippen molar-refractivity contribution < 1.29 is 23.5 Å². The maximum absolute atomic E-state index is 16.1. The fourth-order valence-electron chi connectivity index (χ4n) is 6.45. The number of aryl methyl sites for hydroxylation is 3. The summed E-state index contributed by atoms with van der Waals surface area (Å²) in [4.78, 5) is 42.9. The highest BCUT2D eigenvalue weighted by atomic mass is 19.1. The number of carbonyl (C=O) groups excluding carboxylic acids is 2. The number of amides is 1. The molecular weight excluding hydrogens is 597 g/mol. The van der Waals surface area contributed by atoms with E-state index in [0.29, 0.717) is 17.7 Å². The lowest BCUT2D eigenvalue weighted by Crippen LogP contribution is -2.41. The first kappa shape index (κ1) is 35.9. The molecule has 2 aromatic carbocycles.